The van der Waals surface area contributed by atoms with Crippen molar-refractivity contribution in [2.45, 2.75) is 6.54 Å². The molecule has 0 saturated carbocycles. The highest BCUT2D eigenvalue weighted by Crippen LogP contribution is 2.20. The smallest absolute Gasteiger partial charge is 0.360 e. The molecule has 0 unspecified atom stereocenters. The quantitative estimate of drug-likeness (QED) is 0.750. The van der Waals surface area contributed by atoms with E-state index in [1.54, 1.807) is 0 Å². The highest BCUT2D eigenvalue weighted by Gasteiger charge is 2.26. The summed E-state index contributed by atoms with van der Waals surface area (Å²) in [5, 5.41) is 18.2. The molecule has 27 heavy (non-hydrogen) atoms. The normalized spacial score (nSPS) is 15.0. The summed E-state index contributed by atoms with van der Waals surface area (Å²) >= 11 is 0. The number of anilines is 1. The third-order valence-corrected chi connectivity index (χ3v) is 4.71. The minimum Gasteiger partial charge on any atom is -0.476 e. The van der Waals surface area contributed by atoms with Gasteiger partial charge in [-0.15, -0.1) is 15.0 Å². The molecule has 2 heterocycles. The number of aromatic nitrogens is 3. The topological polar surface area (TPSA) is 74.5 Å². The molecule has 4 rings (SSSR count). The number of aromatic carboxylic acids is 1. The summed E-state index contributed by atoms with van der Waals surface area (Å²) in [4.78, 5) is 17.4. The van der Waals surface area contributed by atoms with E-state index >= 15 is 0 Å². The van der Waals surface area contributed by atoms with Gasteiger partial charge in [-0.05, 0) is 17.7 Å². The number of benzene rings is 2. The van der Waals surface area contributed by atoms with Crippen molar-refractivity contribution in [3.63, 3.8) is 0 Å². The van der Waals surface area contributed by atoms with Crippen molar-refractivity contribution in [1.82, 2.24) is 19.9 Å². The summed E-state index contributed by atoms with van der Waals surface area (Å²) in [6.45, 7) is 4.05. The lowest BCUT2D eigenvalue weighted by atomic mass is 10.2. The zero-order chi connectivity index (χ0) is 18.6. The summed E-state index contributed by atoms with van der Waals surface area (Å²) < 4.78 is 0. The van der Waals surface area contributed by atoms with E-state index in [0.717, 1.165) is 38.4 Å². The number of hydrogen-bond acceptors (Lipinski definition) is 5. The van der Waals surface area contributed by atoms with Crippen molar-refractivity contribution in [3.8, 4) is 5.69 Å². The SMILES string of the molecule is O=C(O)c1nn(-c2ccccc2)nc1N1CCN(Cc2ccccc2)CC1. The number of piperazine rings is 1. The van der Waals surface area contributed by atoms with Crippen LogP contribution >= 0.6 is 0 Å². The van der Waals surface area contributed by atoms with Crippen molar-refractivity contribution >= 4 is 11.8 Å². The molecule has 0 amide bonds. The molecule has 0 aliphatic carbocycles. The lowest BCUT2D eigenvalue weighted by Crippen LogP contribution is -2.46. The maximum absolute atomic E-state index is 11.7. The van der Waals surface area contributed by atoms with Gasteiger partial charge in [0.25, 0.3) is 0 Å². The van der Waals surface area contributed by atoms with Gasteiger partial charge in [-0.1, -0.05) is 48.5 Å². The number of carbonyl (C=O) groups is 1. The first kappa shape index (κ1) is 17.2. The molecule has 1 fully saturated rings. The molecule has 0 atom stereocenters. The van der Waals surface area contributed by atoms with Crippen LogP contribution < -0.4 is 4.90 Å². The molecule has 7 heteroatoms. The van der Waals surface area contributed by atoms with Gasteiger partial charge in [0, 0.05) is 32.7 Å². The maximum atomic E-state index is 11.7. The average molecular weight is 363 g/mol. The summed E-state index contributed by atoms with van der Waals surface area (Å²) in [6.07, 6.45) is 0. The van der Waals surface area contributed by atoms with Crippen LogP contribution in [-0.2, 0) is 6.54 Å². The molecule has 1 N–H and O–H groups in total. The molecule has 0 bridgehead atoms. The highest BCUT2D eigenvalue weighted by atomic mass is 16.4. The van der Waals surface area contributed by atoms with E-state index in [1.165, 1.54) is 10.4 Å². The van der Waals surface area contributed by atoms with Crippen LogP contribution in [-0.4, -0.2) is 57.1 Å². The van der Waals surface area contributed by atoms with Crippen LogP contribution in [0, 0.1) is 0 Å². The lowest BCUT2D eigenvalue weighted by molar-refractivity contribution is 0.0690. The van der Waals surface area contributed by atoms with Crippen molar-refractivity contribution in [2.75, 3.05) is 31.1 Å². The molecule has 2 aromatic carbocycles. The predicted octanol–water partition coefficient (Wildman–Crippen LogP) is 2.29. The van der Waals surface area contributed by atoms with Crippen LogP contribution in [0.25, 0.3) is 5.69 Å². The van der Waals surface area contributed by atoms with E-state index in [9.17, 15) is 9.90 Å². The van der Waals surface area contributed by atoms with Gasteiger partial charge >= 0.3 is 5.97 Å². The summed E-state index contributed by atoms with van der Waals surface area (Å²) in [5.74, 6) is -0.621. The Balaban J connectivity index is 1.49. The minimum absolute atomic E-state index is 0.00429. The number of carboxylic acids is 1. The molecule has 1 aliphatic heterocycles. The molecule has 1 saturated heterocycles. The van der Waals surface area contributed by atoms with Gasteiger partial charge in [0.1, 0.15) is 0 Å². The Morgan fingerprint density at radius 3 is 2.15 bits per heavy atom. The van der Waals surface area contributed by atoms with Gasteiger partial charge in [0.15, 0.2) is 5.82 Å². The van der Waals surface area contributed by atoms with Crippen LogP contribution in [0.15, 0.2) is 60.7 Å². The number of rotatable bonds is 5. The molecular formula is C20H21N5O2. The number of carboxylic acid groups (broad SMARTS) is 1. The first-order chi connectivity index (χ1) is 13.2. The molecular weight excluding hydrogens is 342 g/mol. The van der Waals surface area contributed by atoms with Crippen LogP contribution in [0.4, 0.5) is 5.82 Å². The number of nitrogens with zero attached hydrogens (tertiary/aromatic N) is 5. The highest BCUT2D eigenvalue weighted by molar-refractivity contribution is 5.91. The Kier molecular flexibility index (Phi) is 4.84. The average Bonchev–Trinajstić information content (AvgIpc) is 3.16. The van der Waals surface area contributed by atoms with Gasteiger partial charge in [0.2, 0.25) is 5.69 Å². The van der Waals surface area contributed by atoms with Gasteiger partial charge in [-0.2, -0.15) is 0 Å². The Hall–Kier alpha value is -3.19. The van der Waals surface area contributed by atoms with E-state index in [2.05, 4.69) is 27.2 Å². The van der Waals surface area contributed by atoms with Crippen LogP contribution in [0.5, 0.6) is 0 Å². The molecule has 3 aromatic rings. The fraction of sp³-hybridized carbons (Fsp3) is 0.250. The second-order valence-electron chi connectivity index (χ2n) is 6.55. The largest absolute Gasteiger partial charge is 0.476 e. The van der Waals surface area contributed by atoms with E-state index < -0.39 is 5.97 Å². The Bertz CT molecular complexity index is 903. The second kappa shape index (κ2) is 7.59. The van der Waals surface area contributed by atoms with E-state index in [4.69, 9.17) is 0 Å². The lowest BCUT2D eigenvalue weighted by Gasteiger charge is -2.34. The minimum atomic E-state index is -1.06. The third kappa shape index (κ3) is 3.83. The molecule has 7 nitrogen and oxygen atoms in total. The van der Waals surface area contributed by atoms with Crippen LogP contribution in [0.2, 0.25) is 0 Å². The standard InChI is InChI=1S/C20H21N5O2/c26-20(27)18-19(22-25(21-18)17-9-5-2-6-10-17)24-13-11-23(12-14-24)15-16-7-3-1-4-8-16/h1-10H,11-15H2,(H,26,27). The summed E-state index contributed by atoms with van der Waals surface area (Å²) in [5.41, 5.74) is 2.02. The van der Waals surface area contributed by atoms with Crippen molar-refractivity contribution in [3.05, 3.63) is 71.9 Å². The number of para-hydroxylation sites is 1. The van der Waals surface area contributed by atoms with Gasteiger partial charge in [-0.3, -0.25) is 4.90 Å². The summed E-state index contributed by atoms with van der Waals surface area (Å²) in [6, 6.07) is 19.7. The van der Waals surface area contributed by atoms with Gasteiger partial charge < -0.3 is 10.0 Å². The van der Waals surface area contributed by atoms with Crippen molar-refractivity contribution in [2.24, 2.45) is 0 Å². The molecule has 138 valence electrons. The fourth-order valence-electron chi connectivity index (χ4n) is 3.29. The predicted molar refractivity (Wildman–Crippen MR) is 102 cm³/mol. The van der Waals surface area contributed by atoms with Crippen molar-refractivity contribution in [1.29, 1.82) is 0 Å². The Labute approximate surface area is 157 Å². The van der Waals surface area contributed by atoms with Crippen LogP contribution in [0.3, 0.4) is 0 Å². The first-order valence-corrected chi connectivity index (χ1v) is 8.98. The number of hydrogen-bond donors (Lipinski definition) is 1. The second-order valence-corrected chi connectivity index (χ2v) is 6.55. The zero-order valence-electron chi connectivity index (χ0n) is 14.9. The van der Waals surface area contributed by atoms with Gasteiger partial charge in [-0.25, -0.2) is 4.79 Å². The van der Waals surface area contributed by atoms with E-state index in [1.807, 2.05) is 53.4 Å². The Morgan fingerprint density at radius 2 is 1.52 bits per heavy atom. The van der Waals surface area contributed by atoms with Crippen LogP contribution in [0.1, 0.15) is 16.1 Å². The molecule has 0 radical (unpaired) electrons. The fourth-order valence-corrected chi connectivity index (χ4v) is 3.29. The van der Waals surface area contributed by atoms with E-state index in [-0.39, 0.29) is 5.69 Å². The maximum Gasteiger partial charge on any atom is 0.360 e. The van der Waals surface area contributed by atoms with E-state index in [0.29, 0.717) is 5.82 Å². The molecule has 1 aromatic heterocycles. The zero-order valence-corrected chi connectivity index (χ0v) is 14.9. The van der Waals surface area contributed by atoms with Crippen molar-refractivity contribution < 1.29 is 9.90 Å². The first-order valence-electron chi connectivity index (χ1n) is 8.98. The van der Waals surface area contributed by atoms with Gasteiger partial charge in [0.05, 0.1) is 5.69 Å². The monoisotopic (exact) mass is 363 g/mol. The summed E-state index contributed by atoms with van der Waals surface area (Å²) in [7, 11) is 0. The Morgan fingerprint density at radius 1 is 0.889 bits per heavy atom. The molecule has 1 aliphatic rings. The third-order valence-electron chi connectivity index (χ3n) is 4.71. The molecule has 0 spiro atoms.